The molecule has 2 aliphatic carbocycles. The number of likely N-dealkylation sites (N-methyl/N-ethyl adjacent to an activating group) is 1. The van der Waals surface area contributed by atoms with Gasteiger partial charge in [-0.15, -0.1) is 23.2 Å². The number of unbranched alkanes of at least 4 members (excludes halogenated alkanes) is 1. The SMILES string of the molecule is CCCC(CCl)C(CCCCC1=CCCC(Cl)C1NC)CC(CC)C1CC2CC(C1)N2. The Morgan fingerprint density at radius 1 is 1.10 bits per heavy atom. The van der Waals surface area contributed by atoms with Crippen LogP contribution in [-0.2, 0) is 0 Å². The van der Waals surface area contributed by atoms with Crippen LogP contribution in [0, 0.1) is 23.7 Å². The van der Waals surface area contributed by atoms with Gasteiger partial charge in [-0.3, -0.25) is 0 Å². The molecule has 1 saturated carbocycles. The lowest BCUT2D eigenvalue weighted by Crippen LogP contribution is -2.58. The summed E-state index contributed by atoms with van der Waals surface area (Å²) in [5.41, 5.74) is 1.55. The van der Waals surface area contributed by atoms with Crippen molar-refractivity contribution in [2.75, 3.05) is 12.9 Å². The molecule has 2 bridgehead atoms. The smallest absolute Gasteiger partial charge is 0.0530 e. The molecule has 2 N–H and O–H groups in total. The van der Waals surface area contributed by atoms with Crippen LogP contribution >= 0.6 is 23.2 Å². The van der Waals surface area contributed by atoms with Crippen LogP contribution < -0.4 is 10.6 Å². The second kappa shape index (κ2) is 13.2. The molecule has 2 saturated heterocycles. The van der Waals surface area contributed by atoms with E-state index in [1.54, 1.807) is 5.57 Å². The zero-order chi connectivity index (χ0) is 22.2. The van der Waals surface area contributed by atoms with Crippen LogP contribution in [0.2, 0.25) is 0 Å². The van der Waals surface area contributed by atoms with Crippen molar-refractivity contribution in [2.45, 2.75) is 121 Å². The summed E-state index contributed by atoms with van der Waals surface area (Å²) in [4.78, 5) is 0. The predicted molar refractivity (Wildman–Crippen MR) is 137 cm³/mol. The van der Waals surface area contributed by atoms with Gasteiger partial charge in [0.1, 0.15) is 0 Å². The van der Waals surface area contributed by atoms with Crippen LogP contribution in [-0.4, -0.2) is 36.4 Å². The lowest BCUT2D eigenvalue weighted by atomic mass is 9.67. The molecule has 7 unspecified atom stereocenters. The molecule has 0 spiro atoms. The predicted octanol–water partition coefficient (Wildman–Crippen LogP) is 7.29. The van der Waals surface area contributed by atoms with E-state index >= 15 is 0 Å². The normalized spacial score (nSPS) is 33.3. The third-order valence-corrected chi connectivity index (χ3v) is 9.61. The van der Waals surface area contributed by atoms with Gasteiger partial charge in [0.05, 0.1) is 5.38 Å². The average molecular weight is 472 g/mol. The molecule has 2 aliphatic heterocycles. The van der Waals surface area contributed by atoms with Crippen molar-refractivity contribution in [3.63, 3.8) is 0 Å². The van der Waals surface area contributed by atoms with Crippen molar-refractivity contribution in [1.82, 2.24) is 10.6 Å². The van der Waals surface area contributed by atoms with Crippen LogP contribution in [0.5, 0.6) is 0 Å². The molecule has 0 aromatic carbocycles. The summed E-state index contributed by atoms with van der Waals surface area (Å²) in [6.07, 6.45) is 19.4. The number of nitrogens with one attached hydrogen (secondary N) is 2. The number of halogens is 2. The Morgan fingerprint density at radius 3 is 2.45 bits per heavy atom. The summed E-state index contributed by atoms with van der Waals surface area (Å²) in [6, 6.07) is 2.02. The molecule has 3 fully saturated rings. The molecule has 4 rings (SSSR count). The molecular formula is C27H48Cl2N2. The van der Waals surface area contributed by atoms with E-state index in [1.165, 1.54) is 70.6 Å². The molecule has 0 aromatic rings. The highest BCUT2D eigenvalue weighted by molar-refractivity contribution is 6.21. The Kier molecular flexibility index (Phi) is 11.0. The number of rotatable bonds is 14. The Balaban J connectivity index is 1.52. The first-order valence-electron chi connectivity index (χ1n) is 13.4. The standard InChI is InChI=1S/C27H48Cl2N2/c1-4-9-22(18-28)21(14-19(5-2)23-15-24-17-25(16-23)31-24)11-7-6-10-20-12-8-13-26(29)27(20)30-3/h12,19,21-27,30-31H,4-11,13-18H2,1-3H3. The Hall–Kier alpha value is 0.240. The number of hydrogen-bond donors (Lipinski definition) is 2. The first-order valence-corrected chi connectivity index (χ1v) is 14.4. The van der Waals surface area contributed by atoms with Crippen molar-refractivity contribution in [1.29, 1.82) is 0 Å². The van der Waals surface area contributed by atoms with Gasteiger partial charge in [0, 0.05) is 24.0 Å². The van der Waals surface area contributed by atoms with E-state index < -0.39 is 0 Å². The summed E-state index contributed by atoms with van der Waals surface area (Å²) in [7, 11) is 2.06. The largest absolute Gasteiger partial charge is 0.312 e. The van der Waals surface area contributed by atoms with Crippen LogP contribution in [0.3, 0.4) is 0 Å². The van der Waals surface area contributed by atoms with Gasteiger partial charge in [-0.05, 0) is 88.5 Å². The minimum atomic E-state index is 0.254. The maximum Gasteiger partial charge on any atom is 0.0530 e. The summed E-state index contributed by atoms with van der Waals surface area (Å²) in [5, 5.41) is 7.45. The second-order valence-electron chi connectivity index (χ2n) is 10.8. The highest BCUT2D eigenvalue weighted by Crippen LogP contribution is 2.42. The van der Waals surface area contributed by atoms with E-state index in [-0.39, 0.29) is 5.38 Å². The first kappa shape index (κ1) is 25.9. The number of alkyl halides is 2. The fourth-order valence-corrected chi connectivity index (χ4v) is 7.76. The topological polar surface area (TPSA) is 24.1 Å². The van der Waals surface area contributed by atoms with Gasteiger partial charge in [0.2, 0.25) is 0 Å². The third-order valence-electron chi connectivity index (χ3n) is 8.75. The molecule has 0 aromatic heterocycles. The van der Waals surface area contributed by atoms with Gasteiger partial charge in [-0.25, -0.2) is 0 Å². The van der Waals surface area contributed by atoms with E-state index in [0.717, 1.165) is 48.6 Å². The first-order chi connectivity index (χ1) is 15.1. The lowest BCUT2D eigenvalue weighted by Gasteiger charge is -2.49. The zero-order valence-corrected chi connectivity index (χ0v) is 21.9. The molecule has 0 amide bonds. The van der Waals surface area contributed by atoms with Gasteiger partial charge in [0.15, 0.2) is 0 Å². The van der Waals surface area contributed by atoms with E-state index in [4.69, 9.17) is 23.2 Å². The molecule has 180 valence electrons. The van der Waals surface area contributed by atoms with E-state index in [9.17, 15) is 0 Å². The summed E-state index contributed by atoms with van der Waals surface area (Å²) >= 11 is 13.1. The zero-order valence-electron chi connectivity index (χ0n) is 20.4. The highest BCUT2D eigenvalue weighted by atomic mass is 35.5. The maximum atomic E-state index is 6.57. The molecule has 0 radical (unpaired) electrons. The summed E-state index contributed by atoms with van der Waals surface area (Å²) in [5.74, 6) is 4.18. The minimum Gasteiger partial charge on any atom is -0.312 e. The number of fused-ring (bicyclic) bond motifs is 2. The van der Waals surface area contributed by atoms with Gasteiger partial charge in [0.25, 0.3) is 0 Å². The van der Waals surface area contributed by atoms with Crippen molar-refractivity contribution in [3.8, 4) is 0 Å². The second-order valence-corrected chi connectivity index (χ2v) is 11.6. The molecule has 31 heavy (non-hydrogen) atoms. The van der Waals surface area contributed by atoms with E-state index in [2.05, 4.69) is 37.6 Å². The molecule has 4 heteroatoms. The maximum absolute atomic E-state index is 6.57. The Morgan fingerprint density at radius 2 is 1.84 bits per heavy atom. The molecular weight excluding hydrogens is 423 g/mol. The average Bonchev–Trinajstić information content (AvgIpc) is 2.77. The van der Waals surface area contributed by atoms with Crippen LogP contribution in [0.15, 0.2) is 11.6 Å². The fourth-order valence-electron chi connectivity index (χ4n) is 6.94. The fraction of sp³-hybridized carbons (Fsp3) is 0.926. The van der Waals surface area contributed by atoms with Crippen molar-refractivity contribution >= 4 is 23.2 Å². The molecule has 2 nitrogen and oxygen atoms in total. The summed E-state index contributed by atoms with van der Waals surface area (Å²) < 4.78 is 0. The lowest BCUT2D eigenvalue weighted by molar-refractivity contribution is 0.0744. The van der Waals surface area contributed by atoms with Gasteiger partial charge in [-0.1, -0.05) is 51.2 Å². The van der Waals surface area contributed by atoms with Gasteiger partial charge >= 0.3 is 0 Å². The van der Waals surface area contributed by atoms with Crippen LogP contribution in [0.1, 0.15) is 97.3 Å². The highest BCUT2D eigenvalue weighted by Gasteiger charge is 2.40. The minimum absolute atomic E-state index is 0.254. The van der Waals surface area contributed by atoms with Crippen LogP contribution in [0.25, 0.3) is 0 Å². The number of piperidine rings is 1. The molecule has 4 aliphatic rings. The number of hydrogen-bond acceptors (Lipinski definition) is 2. The van der Waals surface area contributed by atoms with Crippen molar-refractivity contribution < 1.29 is 0 Å². The Labute approximate surface area is 202 Å². The third kappa shape index (κ3) is 7.11. The van der Waals surface area contributed by atoms with Crippen molar-refractivity contribution in [3.05, 3.63) is 11.6 Å². The van der Waals surface area contributed by atoms with Crippen molar-refractivity contribution in [2.24, 2.45) is 23.7 Å². The van der Waals surface area contributed by atoms with Gasteiger partial charge in [-0.2, -0.15) is 0 Å². The van der Waals surface area contributed by atoms with Crippen LogP contribution in [0.4, 0.5) is 0 Å². The van der Waals surface area contributed by atoms with E-state index in [0.29, 0.717) is 12.0 Å². The van der Waals surface area contributed by atoms with E-state index in [1.807, 2.05) is 0 Å². The monoisotopic (exact) mass is 470 g/mol. The quantitative estimate of drug-likeness (QED) is 0.158. The Bertz CT molecular complexity index is 535. The summed E-state index contributed by atoms with van der Waals surface area (Å²) in [6.45, 7) is 4.76. The van der Waals surface area contributed by atoms with Gasteiger partial charge < -0.3 is 10.6 Å². The molecule has 7 atom stereocenters. The molecule has 2 heterocycles. The number of allylic oxidation sites excluding steroid dienone is 1.